The van der Waals surface area contributed by atoms with Gasteiger partial charge in [0.15, 0.2) is 0 Å². The minimum atomic E-state index is -0.354. The molecule has 1 aromatic carbocycles. The van der Waals surface area contributed by atoms with Crippen molar-refractivity contribution in [3.8, 4) is 5.75 Å². The zero-order valence-electron chi connectivity index (χ0n) is 13.2. The second-order valence-electron chi connectivity index (χ2n) is 5.16. The van der Waals surface area contributed by atoms with Crippen LogP contribution in [-0.2, 0) is 4.74 Å². The third kappa shape index (κ3) is 3.74. The van der Waals surface area contributed by atoms with E-state index in [1.165, 1.54) is 13.4 Å². The normalized spacial score (nSPS) is 14.3. The summed E-state index contributed by atoms with van der Waals surface area (Å²) in [4.78, 5) is 22.8. The third-order valence-electron chi connectivity index (χ3n) is 3.63. The molecule has 1 saturated heterocycles. The Labute approximate surface area is 144 Å². The van der Waals surface area contributed by atoms with Crippen LogP contribution in [0.3, 0.4) is 0 Å². The number of ether oxygens (including phenoxy) is 2. The van der Waals surface area contributed by atoms with E-state index in [0.717, 1.165) is 13.1 Å². The predicted molar refractivity (Wildman–Crippen MR) is 91.0 cm³/mol. The standard InChI is InChI=1S/C16H17ClN4O3/c1-23-14-3-2-11(17)8-12(14)20-16(22)13-9-15(19-10-18-13)21-4-6-24-7-5-21/h2-3,8-10H,4-7H2,1H3,(H,20,22). The Bertz CT molecular complexity index is 735. The van der Waals surface area contributed by atoms with Crippen molar-refractivity contribution >= 4 is 29.0 Å². The van der Waals surface area contributed by atoms with E-state index in [4.69, 9.17) is 21.1 Å². The summed E-state index contributed by atoms with van der Waals surface area (Å²) < 4.78 is 10.6. The minimum absolute atomic E-state index is 0.272. The summed E-state index contributed by atoms with van der Waals surface area (Å²) in [6.07, 6.45) is 1.38. The molecule has 7 nitrogen and oxygen atoms in total. The van der Waals surface area contributed by atoms with Crippen LogP contribution in [0.4, 0.5) is 11.5 Å². The van der Waals surface area contributed by atoms with E-state index in [9.17, 15) is 4.79 Å². The number of methoxy groups -OCH3 is 1. The summed E-state index contributed by atoms with van der Waals surface area (Å²) in [6, 6.07) is 6.67. The topological polar surface area (TPSA) is 76.6 Å². The van der Waals surface area contributed by atoms with Gasteiger partial charge in [0.05, 0.1) is 26.0 Å². The molecule has 1 aromatic heterocycles. The monoisotopic (exact) mass is 348 g/mol. The molecule has 1 amide bonds. The van der Waals surface area contributed by atoms with Crippen LogP contribution < -0.4 is 15.0 Å². The van der Waals surface area contributed by atoms with Gasteiger partial charge in [-0.15, -0.1) is 0 Å². The van der Waals surface area contributed by atoms with E-state index in [1.807, 2.05) is 0 Å². The number of carbonyl (C=O) groups is 1. The van der Waals surface area contributed by atoms with Gasteiger partial charge in [-0.3, -0.25) is 4.79 Å². The molecular formula is C16H17ClN4O3. The van der Waals surface area contributed by atoms with Gasteiger partial charge in [0.25, 0.3) is 5.91 Å². The molecule has 1 aliphatic heterocycles. The van der Waals surface area contributed by atoms with Gasteiger partial charge < -0.3 is 19.7 Å². The number of aromatic nitrogens is 2. The molecule has 3 rings (SSSR count). The molecule has 2 heterocycles. The van der Waals surface area contributed by atoms with Crippen LogP contribution in [0.15, 0.2) is 30.6 Å². The molecule has 0 bridgehead atoms. The summed E-state index contributed by atoms with van der Waals surface area (Å²) in [7, 11) is 1.53. The van der Waals surface area contributed by atoms with Gasteiger partial charge in [0, 0.05) is 24.2 Å². The van der Waals surface area contributed by atoms with E-state index < -0.39 is 0 Å². The van der Waals surface area contributed by atoms with Crippen molar-refractivity contribution in [2.45, 2.75) is 0 Å². The van der Waals surface area contributed by atoms with E-state index in [-0.39, 0.29) is 11.6 Å². The number of morpholine rings is 1. The zero-order valence-corrected chi connectivity index (χ0v) is 13.9. The van der Waals surface area contributed by atoms with Crippen LogP contribution in [0.2, 0.25) is 5.02 Å². The Morgan fingerprint density at radius 2 is 2.08 bits per heavy atom. The van der Waals surface area contributed by atoms with E-state index in [2.05, 4.69) is 20.2 Å². The van der Waals surface area contributed by atoms with Crippen molar-refractivity contribution in [3.05, 3.63) is 41.3 Å². The molecule has 126 valence electrons. The molecule has 24 heavy (non-hydrogen) atoms. The van der Waals surface area contributed by atoms with Gasteiger partial charge in [-0.2, -0.15) is 0 Å². The van der Waals surface area contributed by atoms with Gasteiger partial charge in [-0.05, 0) is 18.2 Å². The average Bonchev–Trinajstić information content (AvgIpc) is 2.63. The average molecular weight is 349 g/mol. The van der Waals surface area contributed by atoms with Gasteiger partial charge in [-0.25, -0.2) is 9.97 Å². The fraction of sp³-hybridized carbons (Fsp3) is 0.312. The maximum absolute atomic E-state index is 12.5. The molecule has 0 saturated carbocycles. The molecule has 0 aliphatic carbocycles. The largest absolute Gasteiger partial charge is 0.495 e. The fourth-order valence-electron chi connectivity index (χ4n) is 2.40. The van der Waals surface area contributed by atoms with Gasteiger partial charge in [0.2, 0.25) is 0 Å². The summed E-state index contributed by atoms with van der Waals surface area (Å²) >= 11 is 5.98. The number of anilines is 2. The summed E-state index contributed by atoms with van der Waals surface area (Å²) in [5, 5.41) is 3.27. The number of halogens is 1. The van der Waals surface area contributed by atoms with Crippen molar-refractivity contribution in [2.75, 3.05) is 43.6 Å². The number of hydrogen-bond donors (Lipinski definition) is 1. The number of amides is 1. The lowest BCUT2D eigenvalue weighted by atomic mass is 10.2. The SMILES string of the molecule is COc1ccc(Cl)cc1NC(=O)c1cc(N2CCOCC2)ncn1. The highest BCUT2D eigenvalue weighted by Crippen LogP contribution is 2.28. The number of benzene rings is 1. The molecule has 0 spiro atoms. The van der Waals surface area contributed by atoms with Crippen LogP contribution >= 0.6 is 11.6 Å². The van der Waals surface area contributed by atoms with Gasteiger partial charge >= 0.3 is 0 Å². The maximum atomic E-state index is 12.5. The Balaban J connectivity index is 1.79. The highest BCUT2D eigenvalue weighted by atomic mass is 35.5. The van der Waals surface area contributed by atoms with E-state index in [1.54, 1.807) is 24.3 Å². The number of nitrogens with zero attached hydrogens (tertiary/aromatic N) is 3. The molecule has 0 radical (unpaired) electrons. The molecule has 2 aromatic rings. The Kier molecular flexibility index (Phi) is 5.12. The zero-order chi connectivity index (χ0) is 16.9. The smallest absolute Gasteiger partial charge is 0.274 e. The number of rotatable bonds is 4. The first-order valence-electron chi connectivity index (χ1n) is 7.47. The van der Waals surface area contributed by atoms with Gasteiger partial charge in [-0.1, -0.05) is 11.6 Å². The van der Waals surface area contributed by atoms with Gasteiger partial charge in [0.1, 0.15) is 23.6 Å². The quantitative estimate of drug-likeness (QED) is 0.913. The number of hydrogen-bond acceptors (Lipinski definition) is 6. The first kappa shape index (κ1) is 16.5. The maximum Gasteiger partial charge on any atom is 0.274 e. The lowest BCUT2D eigenvalue weighted by molar-refractivity contribution is 0.102. The highest BCUT2D eigenvalue weighted by molar-refractivity contribution is 6.31. The second-order valence-corrected chi connectivity index (χ2v) is 5.60. The molecule has 8 heteroatoms. The molecule has 0 unspecified atom stereocenters. The summed E-state index contributed by atoms with van der Waals surface area (Å²) in [6.45, 7) is 2.76. The molecule has 0 atom stereocenters. The lowest BCUT2D eigenvalue weighted by Crippen LogP contribution is -2.37. The van der Waals surface area contributed by atoms with Crippen LogP contribution in [-0.4, -0.2) is 49.3 Å². The molecular weight excluding hydrogens is 332 g/mol. The van der Waals surface area contributed by atoms with Crippen LogP contribution in [0.1, 0.15) is 10.5 Å². The summed E-state index contributed by atoms with van der Waals surface area (Å²) in [5.74, 6) is 0.874. The number of carbonyl (C=O) groups excluding carboxylic acids is 1. The van der Waals surface area contributed by atoms with Crippen molar-refractivity contribution in [3.63, 3.8) is 0 Å². The Morgan fingerprint density at radius 3 is 2.83 bits per heavy atom. The lowest BCUT2D eigenvalue weighted by Gasteiger charge is -2.27. The van der Waals surface area contributed by atoms with Crippen molar-refractivity contribution in [2.24, 2.45) is 0 Å². The summed E-state index contributed by atoms with van der Waals surface area (Å²) in [5.41, 5.74) is 0.759. The van der Waals surface area contributed by atoms with E-state index in [0.29, 0.717) is 35.5 Å². The number of nitrogens with one attached hydrogen (secondary N) is 1. The second kappa shape index (κ2) is 7.46. The fourth-order valence-corrected chi connectivity index (χ4v) is 2.57. The van der Waals surface area contributed by atoms with Crippen LogP contribution in [0.5, 0.6) is 5.75 Å². The first-order valence-corrected chi connectivity index (χ1v) is 7.85. The van der Waals surface area contributed by atoms with Crippen molar-refractivity contribution < 1.29 is 14.3 Å². The minimum Gasteiger partial charge on any atom is -0.495 e. The molecule has 1 fully saturated rings. The Morgan fingerprint density at radius 1 is 1.29 bits per heavy atom. The molecule has 1 aliphatic rings. The van der Waals surface area contributed by atoms with Crippen LogP contribution in [0, 0.1) is 0 Å². The Hall–Kier alpha value is -2.38. The predicted octanol–water partition coefficient (Wildman–Crippen LogP) is 2.23. The van der Waals surface area contributed by atoms with E-state index >= 15 is 0 Å². The first-order chi connectivity index (χ1) is 11.7. The van der Waals surface area contributed by atoms with Crippen LogP contribution in [0.25, 0.3) is 0 Å². The third-order valence-corrected chi connectivity index (χ3v) is 3.87. The highest BCUT2D eigenvalue weighted by Gasteiger charge is 2.16. The van der Waals surface area contributed by atoms with Crippen molar-refractivity contribution in [1.82, 2.24) is 9.97 Å². The molecule has 1 N–H and O–H groups in total. The van der Waals surface area contributed by atoms with Crippen molar-refractivity contribution in [1.29, 1.82) is 0 Å².